The van der Waals surface area contributed by atoms with Gasteiger partial charge in [0.25, 0.3) is 5.91 Å². The summed E-state index contributed by atoms with van der Waals surface area (Å²) < 4.78 is 10.5. The molecule has 21 heavy (non-hydrogen) atoms. The van der Waals surface area contributed by atoms with Gasteiger partial charge in [0, 0.05) is 12.1 Å². The van der Waals surface area contributed by atoms with E-state index in [2.05, 4.69) is 5.32 Å². The zero-order chi connectivity index (χ0) is 14.8. The molecule has 1 aliphatic carbocycles. The van der Waals surface area contributed by atoms with E-state index < -0.39 is 0 Å². The van der Waals surface area contributed by atoms with Crippen LogP contribution in [-0.4, -0.2) is 30.5 Å². The third-order valence-electron chi connectivity index (χ3n) is 4.06. The Kier molecular flexibility index (Phi) is 4.22. The van der Waals surface area contributed by atoms with Crippen LogP contribution in [0.1, 0.15) is 36.0 Å². The molecule has 2 N–H and O–H groups in total. The lowest BCUT2D eigenvalue weighted by Crippen LogP contribution is -2.32. The summed E-state index contributed by atoms with van der Waals surface area (Å²) in [6, 6.07) is 3.24. The van der Waals surface area contributed by atoms with Crippen LogP contribution in [0.15, 0.2) is 12.1 Å². The predicted molar refractivity (Wildman–Crippen MR) is 77.9 cm³/mol. The van der Waals surface area contributed by atoms with Gasteiger partial charge < -0.3 is 19.9 Å². The number of halogens is 1. The van der Waals surface area contributed by atoms with Crippen molar-refractivity contribution in [3.63, 3.8) is 0 Å². The van der Waals surface area contributed by atoms with Gasteiger partial charge in [0.1, 0.15) is 0 Å². The molecular formula is C15H18ClNO4. The van der Waals surface area contributed by atoms with Crippen molar-refractivity contribution in [2.24, 2.45) is 5.92 Å². The first-order chi connectivity index (χ1) is 10.1. The first-order valence-electron chi connectivity index (χ1n) is 7.19. The van der Waals surface area contributed by atoms with Crippen molar-refractivity contribution in [3.05, 3.63) is 22.7 Å². The quantitative estimate of drug-likeness (QED) is 0.899. The highest BCUT2D eigenvalue weighted by Crippen LogP contribution is 2.39. The number of hydrogen-bond donors (Lipinski definition) is 2. The molecule has 6 heteroatoms. The van der Waals surface area contributed by atoms with Crippen LogP contribution in [0.5, 0.6) is 11.5 Å². The molecule has 0 spiro atoms. The van der Waals surface area contributed by atoms with Crippen molar-refractivity contribution in [1.29, 1.82) is 0 Å². The fourth-order valence-electron chi connectivity index (χ4n) is 2.79. The zero-order valence-corrected chi connectivity index (χ0v) is 12.4. The smallest absolute Gasteiger partial charge is 0.251 e. The molecule has 1 aliphatic heterocycles. The van der Waals surface area contributed by atoms with Crippen LogP contribution in [0.2, 0.25) is 5.02 Å². The number of carbonyl (C=O) groups excluding carboxylic acids is 1. The molecule has 0 radical (unpaired) electrons. The summed E-state index contributed by atoms with van der Waals surface area (Å²) in [6.45, 7) is 0.752. The van der Waals surface area contributed by atoms with Gasteiger partial charge in [0.15, 0.2) is 11.5 Å². The molecule has 2 aliphatic rings. The van der Waals surface area contributed by atoms with Crippen molar-refractivity contribution in [2.45, 2.75) is 31.8 Å². The number of nitrogens with one attached hydrogen (secondary N) is 1. The molecule has 5 nitrogen and oxygen atoms in total. The summed E-state index contributed by atoms with van der Waals surface area (Å²) in [5.74, 6) is 1.27. The van der Waals surface area contributed by atoms with E-state index >= 15 is 0 Å². The van der Waals surface area contributed by atoms with E-state index in [1.54, 1.807) is 12.1 Å². The Balaban J connectivity index is 1.60. The van der Waals surface area contributed by atoms with Crippen molar-refractivity contribution in [1.82, 2.24) is 5.32 Å². The molecule has 114 valence electrons. The first-order valence-corrected chi connectivity index (χ1v) is 7.56. The number of amides is 1. The SMILES string of the molecule is O=C(NCC1CCC(O)CC1)c1cc(Cl)c2c(c1)OCO2. The van der Waals surface area contributed by atoms with Crippen LogP contribution >= 0.6 is 11.6 Å². The molecule has 1 heterocycles. The Morgan fingerprint density at radius 3 is 2.81 bits per heavy atom. The number of hydrogen-bond acceptors (Lipinski definition) is 4. The molecule has 1 aromatic rings. The molecule has 1 fully saturated rings. The minimum atomic E-state index is -0.176. The monoisotopic (exact) mass is 311 g/mol. The summed E-state index contributed by atoms with van der Waals surface area (Å²) in [5, 5.41) is 12.8. The highest BCUT2D eigenvalue weighted by atomic mass is 35.5. The maximum atomic E-state index is 12.2. The second-order valence-electron chi connectivity index (χ2n) is 5.58. The molecule has 1 saturated carbocycles. The van der Waals surface area contributed by atoms with E-state index in [0.29, 0.717) is 34.5 Å². The van der Waals surface area contributed by atoms with E-state index in [0.717, 1.165) is 25.7 Å². The van der Waals surface area contributed by atoms with Gasteiger partial charge >= 0.3 is 0 Å². The molecule has 0 saturated heterocycles. The summed E-state index contributed by atoms with van der Waals surface area (Å²) in [6.07, 6.45) is 3.35. The molecule has 0 unspecified atom stereocenters. The second-order valence-corrected chi connectivity index (χ2v) is 5.98. The fourth-order valence-corrected chi connectivity index (χ4v) is 3.05. The lowest BCUT2D eigenvalue weighted by atomic mass is 9.87. The third-order valence-corrected chi connectivity index (χ3v) is 4.34. The van der Waals surface area contributed by atoms with Gasteiger partial charge in [0.2, 0.25) is 6.79 Å². The average Bonchev–Trinajstić information content (AvgIpc) is 2.95. The minimum Gasteiger partial charge on any atom is -0.454 e. The van der Waals surface area contributed by atoms with E-state index in [1.807, 2.05) is 0 Å². The summed E-state index contributed by atoms with van der Waals surface area (Å²) >= 11 is 6.07. The Labute approximate surface area is 128 Å². The summed E-state index contributed by atoms with van der Waals surface area (Å²) in [7, 11) is 0. The lowest BCUT2D eigenvalue weighted by Gasteiger charge is -2.25. The molecular weight excluding hydrogens is 294 g/mol. The number of fused-ring (bicyclic) bond motifs is 1. The van der Waals surface area contributed by atoms with Crippen LogP contribution in [0.4, 0.5) is 0 Å². The average molecular weight is 312 g/mol. The van der Waals surface area contributed by atoms with Crippen molar-refractivity contribution < 1.29 is 19.4 Å². The third kappa shape index (κ3) is 3.24. The highest BCUT2D eigenvalue weighted by molar-refractivity contribution is 6.32. The Hall–Kier alpha value is -1.46. The normalized spacial score (nSPS) is 23.9. The Morgan fingerprint density at radius 1 is 1.29 bits per heavy atom. The van der Waals surface area contributed by atoms with Crippen LogP contribution in [-0.2, 0) is 0 Å². The van der Waals surface area contributed by atoms with Gasteiger partial charge in [-0.15, -0.1) is 0 Å². The summed E-state index contributed by atoms with van der Waals surface area (Å²) in [5.41, 5.74) is 0.472. The number of ether oxygens (including phenoxy) is 2. The summed E-state index contributed by atoms with van der Waals surface area (Å²) in [4.78, 5) is 12.2. The topological polar surface area (TPSA) is 67.8 Å². The maximum absolute atomic E-state index is 12.2. The molecule has 0 atom stereocenters. The standard InChI is InChI=1S/C15H18ClNO4/c16-12-5-10(6-13-14(12)21-8-20-13)15(19)17-7-9-1-3-11(18)4-2-9/h5-6,9,11,18H,1-4,7-8H2,(H,17,19). The van der Waals surface area contributed by atoms with Gasteiger partial charge in [0.05, 0.1) is 11.1 Å². The van der Waals surface area contributed by atoms with Crippen LogP contribution in [0, 0.1) is 5.92 Å². The van der Waals surface area contributed by atoms with Gasteiger partial charge in [-0.2, -0.15) is 0 Å². The molecule has 1 amide bonds. The number of benzene rings is 1. The second kappa shape index (κ2) is 6.12. The van der Waals surface area contributed by atoms with E-state index in [4.69, 9.17) is 21.1 Å². The van der Waals surface area contributed by atoms with E-state index in [9.17, 15) is 9.90 Å². The number of aliphatic hydroxyl groups excluding tert-OH is 1. The number of rotatable bonds is 3. The fraction of sp³-hybridized carbons (Fsp3) is 0.533. The van der Waals surface area contributed by atoms with Gasteiger partial charge in [-0.1, -0.05) is 11.6 Å². The van der Waals surface area contributed by atoms with Crippen molar-refractivity contribution in [2.75, 3.05) is 13.3 Å². The minimum absolute atomic E-state index is 0.129. The Morgan fingerprint density at radius 2 is 2.05 bits per heavy atom. The molecule has 3 rings (SSSR count). The number of aliphatic hydroxyl groups is 1. The Bertz CT molecular complexity index is 541. The van der Waals surface area contributed by atoms with Gasteiger partial charge in [-0.25, -0.2) is 0 Å². The van der Waals surface area contributed by atoms with Crippen LogP contribution in [0.25, 0.3) is 0 Å². The lowest BCUT2D eigenvalue weighted by molar-refractivity contribution is 0.0910. The van der Waals surface area contributed by atoms with Crippen molar-refractivity contribution >= 4 is 17.5 Å². The van der Waals surface area contributed by atoms with E-state index in [1.165, 1.54) is 0 Å². The highest BCUT2D eigenvalue weighted by Gasteiger charge is 2.22. The van der Waals surface area contributed by atoms with Gasteiger partial charge in [-0.05, 0) is 43.7 Å². The first kappa shape index (κ1) is 14.5. The van der Waals surface area contributed by atoms with E-state index in [-0.39, 0.29) is 18.8 Å². The zero-order valence-electron chi connectivity index (χ0n) is 11.6. The predicted octanol–water partition coefficient (Wildman–Crippen LogP) is 2.35. The van der Waals surface area contributed by atoms with Crippen LogP contribution < -0.4 is 14.8 Å². The molecule has 1 aromatic carbocycles. The van der Waals surface area contributed by atoms with Crippen LogP contribution in [0.3, 0.4) is 0 Å². The number of carbonyl (C=O) groups is 1. The maximum Gasteiger partial charge on any atom is 0.251 e. The molecule has 0 aromatic heterocycles. The largest absolute Gasteiger partial charge is 0.454 e. The molecule has 0 bridgehead atoms. The van der Waals surface area contributed by atoms with Gasteiger partial charge in [-0.3, -0.25) is 4.79 Å². The van der Waals surface area contributed by atoms with Crippen molar-refractivity contribution in [3.8, 4) is 11.5 Å².